The van der Waals surface area contributed by atoms with E-state index < -0.39 is 0 Å². The maximum absolute atomic E-state index is 2.47. The Labute approximate surface area is 413 Å². The number of rotatable bonds is 7. The van der Waals surface area contributed by atoms with Gasteiger partial charge in [0.15, 0.2) is 0 Å². The van der Waals surface area contributed by atoms with Crippen molar-refractivity contribution < 1.29 is 0 Å². The van der Waals surface area contributed by atoms with Gasteiger partial charge >= 0.3 is 0 Å². The first-order valence-corrected chi connectivity index (χ1v) is 25.2. The number of allylic oxidation sites excluding steroid dienone is 11. The molecule has 5 aliphatic carbocycles. The molecule has 3 atom stereocenters. The van der Waals surface area contributed by atoms with Gasteiger partial charge in [0.25, 0.3) is 0 Å². The van der Waals surface area contributed by atoms with Crippen LogP contribution in [-0.2, 0) is 5.41 Å². The van der Waals surface area contributed by atoms with Gasteiger partial charge in [0.05, 0.1) is 0 Å². The quantitative estimate of drug-likeness (QED) is 0.154. The van der Waals surface area contributed by atoms with E-state index in [0.29, 0.717) is 5.92 Å². The summed E-state index contributed by atoms with van der Waals surface area (Å²) in [6.07, 6.45) is 24.4. The van der Waals surface area contributed by atoms with Gasteiger partial charge in [-0.25, -0.2) is 0 Å². The van der Waals surface area contributed by atoms with Gasteiger partial charge < -0.3 is 4.90 Å². The maximum Gasteiger partial charge on any atom is 0.0464 e. The number of nitrogens with zero attached hydrogens (tertiary/aromatic N) is 1. The monoisotopic (exact) mass is 897 g/mol. The van der Waals surface area contributed by atoms with E-state index >= 15 is 0 Å². The smallest absolute Gasteiger partial charge is 0.0464 e. The van der Waals surface area contributed by atoms with Crippen LogP contribution in [0.5, 0.6) is 0 Å². The van der Waals surface area contributed by atoms with Crippen molar-refractivity contribution in [2.45, 2.75) is 50.4 Å². The molecule has 1 nitrogen and oxygen atoms in total. The van der Waals surface area contributed by atoms with Crippen LogP contribution in [-0.4, -0.2) is 0 Å². The molecule has 3 unspecified atom stereocenters. The standard InChI is InChI=1S/C69H55N/c1-69(2)66-27-14-13-24-61(66)62-43-41-55(45-67(62)69)70(53-37-32-48(33-38-53)46-16-5-3-6-17-46)54-39-34-49(35-40-54)47-28-30-50(31-29-47)52-36-42-64-65(44-52)60-23-12-10-21-58(60)57-20-9-11-22-59(57)63-26-15-25-56(68(63)64)51-18-7-4-8-19-51/h3-5,7-16,18-32,34-45,48,63,68H,6,17,33H2,1-2H3. The highest BCUT2D eigenvalue weighted by atomic mass is 15.1. The lowest BCUT2D eigenvalue weighted by Crippen LogP contribution is -2.20. The van der Waals surface area contributed by atoms with E-state index in [1.54, 1.807) is 0 Å². The zero-order chi connectivity index (χ0) is 46.8. The molecule has 8 aromatic rings. The van der Waals surface area contributed by atoms with Crippen molar-refractivity contribution in [2.24, 2.45) is 5.92 Å². The normalized spacial score (nSPS) is 18.9. The number of anilines is 2. The van der Waals surface area contributed by atoms with Gasteiger partial charge in [0.2, 0.25) is 0 Å². The van der Waals surface area contributed by atoms with Gasteiger partial charge in [-0.2, -0.15) is 0 Å². The van der Waals surface area contributed by atoms with Crippen LogP contribution in [0.3, 0.4) is 0 Å². The van der Waals surface area contributed by atoms with Crippen LogP contribution in [0.1, 0.15) is 72.8 Å². The van der Waals surface area contributed by atoms with Crippen molar-refractivity contribution in [1.29, 1.82) is 0 Å². The average molecular weight is 898 g/mol. The summed E-state index contributed by atoms with van der Waals surface area (Å²) in [7, 11) is 0. The molecular formula is C69H55N. The molecular weight excluding hydrogens is 843 g/mol. The molecule has 0 heterocycles. The number of hydrogen-bond donors (Lipinski definition) is 0. The third-order valence-corrected chi connectivity index (χ3v) is 16.0. The highest BCUT2D eigenvalue weighted by Gasteiger charge is 2.37. The zero-order valence-corrected chi connectivity index (χ0v) is 39.9. The van der Waals surface area contributed by atoms with E-state index in [0.717, 1.165) is 24.9 Å². The predicted octanol–water partition coefficient (Wildman–Crippen LogP) is 18.4. The van der Waals surface area contributed by atoms with Gasteiger partial charge in [0, 0.05) is 40.2 Å². The topological polar surface area (TPSA) is 3.24 Å². The van der Waals surface area contributed by atoms with Gasteiger partial charge in [-0.05, 0) is 145 Å². The third-order valence-electron chi connectivity index (χ3n) is 16.0. The Balaban J connectivity index is 0.844. The first kappa shape index (κ1) is 42.1. The van der Waals surface area contributed by atoms with Crippen molar-refractivity contribution in [1.82, 2.24) is 0 Å². The molecule has 8 aromatic carbocycles. The molecule has 5 aliphatic rings. The Morgan fingerprint density at radius 3 is 1.86 bits per heavy atom. The van der Waals surface area contributed by atoms with Gasteiger partial charge in [-0.15, -0.1) is 0 Å². The molecule has 70 heavy (non-hydrogen) atoms. The Morgan fingerprint density at radius 1 is 0.471 bits per heavy atom. The summed E-state index contributed by atoms with van der Waals surface area (Å²) >= 11 is 0. The largest absolute Gasteiger partial charge is 0.311 e. The lowest BCUT2D eigenvalue weighted by molar-refractivity contribution is 0.660. The van der Waals surface area contributed by atoms with Crippen molar-refractivity contribution >= 4 is 16.9 Å². The molecule has 336 valence electrons. The third kappa shape index (κ3) is 7.14. The Kier molecular flexibility index (Phi) is 10.4. The first-order valence-electron chi connectivity index (χ1n) is 25.2. The minimum absolute atomic E-state index is 0.0831. The molecule has 0 fully saturated rings. The summed E-state index contributed by atoms with van der Waals surface area (Å²) < 4.78 is 0. The molecule has 0 aromatic heterocycles. The van der Waals surface area contributed by atoms with E-state index in [4.69, 9.17) is 0 Å². The number of hydrogen-bond acceptors (Lipinski definition) is 1. The molecule has 0 amide bonds. The van der Waals surface area contributed by atoms with Crippen LogP contribution < -0.4 is 4.90 Å². The molecule has 13 rings (SSSR count). The summed E-state index contributed by atoms with van der Waals surface area (Å²) in [4.78, 5) is 2.47. The van der Waals surface area contributed by atoms with Gasteiger partial charge in [-0.3, -0.25) is 0 Å². The first-order chi connectivity index (χ1) is 34.5. The molecule has 0 saturated heterocycles. The van der Waals surface area contributed by atoms with E-state index in [-0.39, 0.29) is 17.3 Å². The maximum atomic E-state index is 2.47. The SMILES string of the molecule is CC1(C)c2ccccc2-c2ccc(N(C3=CCC(C4=CC=CCC4)C=C3)c3ccc(-c4ccc(-c5ccc6c(c5)-c5ccccc5-c5ccccc5C5C=CC=C(c7ccccc7)C65)cc4)cc3)cc21. The highest BCUT2D eigenvalue weighted by Crippen LogP contribution is 2.55. The molecule has 0 spiro atoms. The van der Waals surface area contributed by atoms with E-state index in [9.17, 15) is 0 Å². The van der Waals surface area contributed by atoms with Crippen LogP contribution in [0.15, 0.2) is 254 Å². The fourth-order valence-corrected chi connectivity index (χ4v) is 12.4. The minimum atomic E-state index is -0.0831. The molecule has 1 heteroatoms. The van der Waals surface area contributed by atoms with Crippen LogP contribution in [0.4, 0.5) is 11.4 Å². The Morgan fingerprint density at radius 2 is 1.11 bits per heavy atom. The lowest BCUT2D eigenvalue weighted by atomic mass is 9.67. The zero-order valence-electron chi connectivity index (χ0n) is 39.9. The molecule has 0 N–H and O–H groups in total. The van der Waals surface area contributed by atoms with Gasteiger partial charge in [0.1, 0.15) is 0 Å². The van der Waals surface area contributed by atoms with Crippen LogP contribution in [0.2, 0.25) is 0 Å². The Bertz CT molecular complexity index is 3530. The van der Waals surface area contributed by atoms with Crippen molar-refractivity contribution in [2.75, 3.05) is 4.90 Å². The molecule has 0 saturated carbocycles. The Hall–Kier alpha value is -8.00. The van der Waals surface area contributed by atoms with E-state index in [1.807, 2.05) is 0 Å². The molecule has 0 bridgehead atoms. The predicted molar refractivity (Wildman–Crippen MR) is 295 cm³/mol. The second-order valence-electron chi connectivity index (χ2n) is 20.2. The van der Waals surface area contributed by atoms with E-state index in [1.165, 1.54) is 106 Å². The fraction of sp³-hybridized carbons (Fsp3) is 0.130. The lowest BCUT2D eigenvalue weighted by Gasteiger charge is -2.36. The summed E-state index contributed by atoms with van der Waals surface area (Å²) in [5.41, 5.74) is 25.9. The molecule has 0 radical (unpaired) electrons. The summed E-state index contributed by atoms with van der Waals surface area (Å²) in [6.45, 7) is 4.74. The molecule has 0 aliphatic heterocycles. The summed E-state index contributed by atoms with van der Waals surface area (Å²) in [6, 6.07) is 70.7. The number of fused-ring (bicyclic) bond motifs is 11. The number of benzene rings is 8. The van der Waals surface area contributed by atoms with Crippen LogP contribution in [0.25, 0.3) is 61.2 Å². The van der Waals surface area contributed by atoms with Crippen molar-refractivity contribution in [3.63, 3.8) is 0 Å². The summed E-state index contributed by atoms with van der Waals surface area (Å²) in [5.74, 6) is 0.818. The van der Waals surface area contributed by atoms with E-state index in [2.05, 4.69) is 261 Å². The highest BCUT2D eigenvalue weighted by molar-refractivity contribution is 5.93. The van der Waals surface area contributed by atoms with Crippen molar-refractivity contribution in [3.8, 4) is 55.6 Å². The second-order valence-corrected chi connectivity index (χ2v) is 20.2. The summed E-state index contributed by atoms with van der Waals surface area (Å²) in [5, 5.41) is 0. The average Bonchev–Trinajstić information content (AvgIpc) is 3.66. The van der Waals surface area contributed by atoms with Gasteiger partial charge in [-0.1, -0.05) is 226 Å². The van der Waals surface area contributed by atoms with Crippen molar-refractivity contribution in [3.05, 3.63) is 282 Å². The second kappa shape index (κ2) is 17.2. The minimum Gasteiger partial charge on any atom is -0.311 e. The van der Waals surface area contributed by atoms with Crippen LogP contribution in [0, 0.1) is 5.92 Å². The fourth-order valence-electron chi connectivity index (χ4n) is 12.4. The van der Waals surface area contributed by atoms with Crippen LogP contribution >= 0.6 is 0 Å².